The summed E-state index contributed by atoms with van der Waals surface area (Å²) >= 11 is 0. The zero-order valence-corrected chi connectivity index (χ0v) is 11.4. The number of carbonyl (C=O) groups excluding carboxylic acids is 1. The Hall–Kier alpha value is -1.71. The summed E-state index contributed by atoms with van der Waals surface area (Å²) in [6.45, 7) is 0.498. The van der Waals surface area contributed by atoms with Gasteiger partial charge in [0.15, 0.2) is 5.78 Å². The quantitative estimate of drug-likeness (QED) is 0.927. The van der Waals surface area contributed by atoms with Crippen molar-refractivity contribution in [1.82, 2.24) is 0 Å². The molecule has 1 aliphatic rings. The number of ketones is 1. The highest BCUT2D eigenvalue weighted by atomic mass is 16.5. The first-order valence-corrected chi connectivity index (χ1v) is 7.13. The smallest absolute Gasteiger partial charge is 0.165 e. The van der Waals surface area contributed by atoms with Gasteiger partial charge < -0.3 is 10.5 Å². The first kappa shape index (κ1) is 13.3. The van der Waals surface area contributed by atoms with Crippen molar-refractivity contribution >= 4 is 16.6 Å². The molecule has 2 aromatic carbocycles. The second-order valence-electron chi connectivity index (χ2n) is 5.34. The number of fused-ring (bicyclic) bond motifs is 1. The van der Waals surface area contributed by atoms with E-state index in [0.717, 1.165) is 23.8 Å². The van der Waals surface area contributed by atoms with Gasteiger partial charge in [0.2, 0.25) is 0 Å². The van der Waals surface area contributed by atoms with Crippen LogP contribution in [0.25, 0.3) is 10.8 Å². The topological polar surface area (TPSA) is 52.3 Å². The van der Waals surface area contributed by atoms with Crippen LogP contribution in [0, 0.1) is 0 Å². The molecule has 20 heavy (non-hydrogen) atoms. The first-order chi connectivity index (χ1) is 9.78. The van der Waals surface area contributed by atoms with Crippen LogP contribution in [0.3, 0.4) is 0 Å². The highest BCUT2D eigenvalue weighted by Gasteiger charge is 2.29. The summed E-state index contributed by atoms with van der Waals surface area (Å²) in [5.74, 6) is 0.164. The van der Waals surface area contributed by atoms with Gasteiger partial charge in [0, 0.05) is 13.0 Å². The summed E-state index contributed by atoms with van der Waals surface area (Å²) in [6, 6.07) is 14.3. The minimum absolute atomic E-state index is 0.0523. The number of hydrogen-bond donors (Lipinski definition) is 1. The van der Waals surface area contributed by atoms with Crippen molar-refractivity contribution in [1.29, 1.82) is 0 Å². The fraction of sp³-hybridized carbons (Fsp3) is 0.353. The number of nitrogens with two attached hydrogens (primary N) is 1. The highest BCUT2D eigenvalue weighted by molar-refractivity contribution is 5.92. The second-order valence-corrected chi connectivity index (χ2v) is 5.34. The maximum Gasteiger partial charge on any atom is 0.165 e. The van der Waals surface area contributed by atoms with Crippen molar-refractivity contribution < 1.29 is 9.53 Å². The summed E-state index contributed by atoms with van der Waals surface area (Å²) < 4.78 is 5.68. The second kappa shape index (κ2) is 5.73. The van der Waals surface area contributed by atoms with Gasteiger partial charge in [0.25, 0.3) is 0 Å². The average Bonchev–Trinajstić information content (AvgIpc) is 2.97. The third-order valence-electron chi connectivity index (χ3n) is 3.97. The van der Waals surface area contributed by atoms with E-state index in [-0.39, 0.29) is 18.0 Å². The van der Waals surface area contributed by atoms with E-state index < -0.39 is 0 Å². The number of hydrogen-bond acceptors (Lipinski definition) is 3. The molecular formula is C17H19NO2. The SMILES string of the molecule is NCC1CCC(C(=O)Cc2cccc3ccccc23)O1. The molecule has 0 bridgehead atoms. The van der Waals surface area contributed by atoms with Gasteiger partial charge in [-0.05, 0) is 29.2 Å². The predicted molar refractivity (Wildman–Crippen MR) is 79.6 cm³/mol. The molecule has 3 nitrogen and oxygen atoms in total. The Kier molecular flexibility index (Phi) is 3.81. The van der Waals surface area contributed by atoms with Crippen molar-refractivity contribution in [2.24, 2.45) is 5.73 Å². The maximum atomic E-state index is 12.4. The third-order valence-corrected chi connectivity index (χ3v) is 3.97. The molecule has 104 valence electrons. The van der Waals surface area contributed by atoms with Gasteiger partial charge in [0.1, 0.15) is 6.10 Å². The lowest BCUT2D eigenvalue weighted by atomic mass is 9.98. The van der Waals surface area contributed by atoms with Crippen LogP contribution in [0.2, 0.25) is 0 Å². The highest BCUT2D eigenvalue weighted by Crippen LogP contribution is 2.23. The van der Waals surface area contributed by atoms with E-state index in [1.54, 1.807) is 0 Å². The fourth-order valence-corrected chi connectivity index (χ4v) is 2.86. The van der Waals surface area contributed by atoms with Crippen molar-refractivity contribution in [3.05, 3.63) is 48.0 Å². The molecule has 2 atom stereocenters. The number of benzene rings is 2. The van der Waals surface area contributed by atoms with E-state index in [1.807, 2.05) is 24.3 Å². The van der Waals surface area contributed by atoms with Crippen molar-refractivity contribution in [3.63, 3.8) is 0 Å². The summed E-state index contributed by atoms with van der Waals surface area (Å²) in [4.78, 5) is 12.4. The molecule has 2 N–H and O–H groups in total. The predicted octanol–water partition coefficient (Wildman–Crippen LogP) is 2.46. The number of ether oxygens (including phenoxy) is 1. The van der Waals surface area contributed by atoms with Gasteiger partial charge in [-0.2, -0.15) is 0 Å². The van der Waals surface area contributed by atoms with Gasteiger partial charge in [0.05, 0.1) is 6.10 Å². The lowest BCUT2D eigenvalue weighted by Gasteiger charge is -2.12. The Bertz CT molecular complexity index is 618. The fourth-order valence-electron chi connectivity index (χ4n) is 2.86. The first-order valence-electron chi connectivity index (χ1n) is 7.13. The monoisotopic (exact) mass is 269 g/mol. The van der Waals surface area contributed by atoms with E-state index in [9.17, 15) is 4.79 Å². The van der Waals surface area contributed by atoms with Crippen LogP contribution in [0.5, 0.6) is 0 Å². The van der Waals surface area contributed by atoms with Gasteiger partial charge in [-0.15, -0.1) is 0 Å². The molecule has 2 aromatic rings. The van der Waals surface area contributed by atoms with Crippen LogP contribution >= 0.6 is 0 Å². The molecule has 0 aliphatic carbocycles. The minimum atomic E-state index is -0.275. The Labute approximate surface area is 118 Å². The maximum absolute atomic E-state index is 12.4. The molecule has 1 heterocycles. The summed E-state index contributed by atoms with van der Waals surface area (Å²) in [6.07, 6.45) is 1.90. The Morgan fingerprint density at radius 3 is 2.75 bits per heavy atom. The normalized spacial score (nSPS) is 22.2. The summed E-state index contributed by atoms with van der Waals surface area (Å²) in [7, 11) is 0. The van der Waals surface area contributed by atoms with E-state index in [1.165, 1.54) is 5.39 Å². The minimum Gasteiger partial charge on any atom is -0.366 e. The van der Waals surface area contributed by atoms with Crippen LogP contribution < -0.4 is 5.73 Å². The van der Waals surface area contributed by atoms with Crippen LogP contribution in [0.1, 0.15) is 18.4 Å². The number of carbonyl (C=O) groups is 1. The molecule has 0 radical (unpaired) electrons. The zero-order chi connectivity index (χ0) is 13.9. The van der Waals surface area contributed by atoms with Crippen LogP contribution in [0.15, 0.2) is 42.5 Å². The molecule has 0 amide bonds. The molecule has 3 rings (SSSR count). The average molecular weight is 269 g/mol. The Morgan fingerprint density at radius 2 is 1.95 bits per heavy atom. The van der Waals surface area contributed by atoms with Crippen molar-refractivity contribution in [2.45, 2.75) is 31.5 Å². The zero-order valence-electron chi connectivity index (χ0n) is 11.4. The van der Waals surface area contributed by atoms with Gasteiger partial charge in [-0.25, -0.2) is 0 Å². The van der Waals surface area contributed by atoms with Crippen LogP contribution in [-0.4, -0.2) is 24.5 Å². The molecule has 1 fully saturated rings. The lowest BCUT2D eigenvalue weighted by molar-refractivity contribution is -0.128. The van der Waals surface area contributed by atoms with Gasteiger partial charge in [-0.1, -0.05) is 42.5 Å². The van der Waals surface area contributed by atoms with E-state index in [2.05, 4.69) is 18.2 Å². The van der Waals surface area contributed by atoms with E-state index >= 15 is 0 Å². The third kappa shape index (κ3) is 2.60. The molecule has 0 spiro atoms. The molecule has 1 saturated heterocycles. The summed E-state index contributed by atoms with van der Waals surface area (Å²) in [5.41, 5.74) is 6.66. The number of Topliss-reactive ketones (excluding diaryl/α,β-unsaturated/α-hetero) is 1. The largest absolute Gasteiger partial charge is 0.366 e. The van der Waals surface area contributed by atoms with Crippen molar-refractivity contribution in [2.75, 3.05) is 6.54 Å². The van der Waals surface area contributed by atoms with Crippen LogP contribution in [-0.2, 0) is 16.0 Å². The lowest BCUT2D eigenvalue weighted by Crippen LogP contribution is -2.26. The van der Waals surface area contributed by atoms with Crippen LogP contribution in [0.4, 0.5) is 0 Å². The molecule has 0 saturated carbocycles. The molecule has 0 aromatic heterocycles. The number of rotatable bonds is 4. The molecule has 1 aliphatic heterocycles. The van der Waals surface area contributed by atoms with Gasteiger partial charge in [-0.3, -0.25) is 4.79 Å². The van der Waals surface area contributed by atoms with Gasteiger partial charge >= 0.3 is 0 Å². The van der Waals surface area contributed by atoms with Crippen molar-refractivity contribution in [3.8, 4) is 0 Å². The summed E-state index contributed by atoms with van der Waals surface area (Å²) in [5, 5.41) is 2.32. The molecular weight excluding hydrogens is 250 g/mol. The Balaban J connectivity index is 1.78. The molecule has 2 unspecified atom stereocenters. The Morgan fingerprint density at radius 1 is 1.15 bits per heavy atom. The molecule has 3 heteroatoms. The van der Waals surface area contributed by atoms with E-state index in [0.29, 0.717) is 13.0 Å². The standard InChI is InChI=1S/C17H19NO2/c18-11-14-8-9-17(20-14)16(19)10-13-6-3-5-12-4-1-2-7-15(12)13/h1-7,14,17H,8-11,18H2. The van der Waals surface area contributed by atoms with E-state index in [4.69, 9.17) is 10.5 Å².